The molecule has 1 amide bonds. The molecule has 2 aliphatic heterocycles. The fraction of sp³-hybridized carbons (Fsp3) is 0.455. The number of hydrogen-bond donors (Lipinski definition) is 1. The first-order valence-electron chi connectivity index (χ1n) is 10.2. The Morgan fingerprint density at radius 3 is 2.69 bits per heavy atom. The molecule has 3 heterocycles. The van der Waals surface area contributed by atoms with Crippen molar-refractivity contribution in [2.24, 2.45) is 5.92 Å². The molecule has 0 radical (unpaired) electrons. The highest BCUT2D eigenvalue weighted by Gasteiger charge is 2.20. The lowest BCUT2D eigenvalue weighted by atomic mass is 10.1. The van der Waals surface area contributed by atoms with Crippen molar-refractivity contribution in [2.75, 3.05) is 44.4 Å². The lowest BCUT2D eigenvalue weighted by Gasteiger charge is -2.35. The number of carbonyl (C=O) groups is 1. The zero-order valence-corrected chi connectivity index (χ0v) is 17.1. The molecule has 7 heteroatoms. The molecule has 2 aliphatic rings. The van der Waals surface area contributed by atoms with Crippen molar-refractivity contribution in [3.8, 4) is 11.5 Å². The number of carbonyl (C=O) groups excluding carboxylic acids is 1. The summed E-state index contributed by atoms with van der Waals surface area (Å²) in [5, 5.41) is 2.97. The standard InChI is InChI=1S/C22H28N4O3/c1-16(2)13-24-22(27)18-5-6-23-21(12-18)26-9-7-25(8-10-26)14-17-3-4-19-20(11-17)29-15-28-19/h3-6,11-12,16H,7-10,13-15H2,1-2H3,(H,24,27). The Labute approximate surface area is 171 Å². The smallest absolute Gasteiger partial charge is 0.251 e. The van der Waals surface area contributed by atoms with Crippen LogP contribution in [0.3, 0.4) is 0 Å². The van der Waals surface area contributed by atoms with Gasteiger partial charge in [0.25, 0.3) is 5.91 Å². The van der Waals surface area contributed by atoms with E-state index in [9.17, 15) is 4.79 Å². The van der Waals surface area contributed by atoms with Gasteiger partial charge < -0.3 is 19.7 Å². The second-order valence-corrected chi connectivity index (χ2v) is 7.96. The number of pyridine rings is 1. The zero-order valence-electron chi connectivity index (χ0n) is 17.1. The number of benzene rings is 1. The van der Waals surface area contributed by atoms with Crippen molar-refractivity contribution < 1.29 is 14.3 Å². The molecule has 1 aromatic heterocycles. The number of hydrogen-bond acceptors (Lipinski definition) is 6. The Morgan fingerprint density at radius 1 is 1.10 bits per heavy atom. The molecule has 0 spiro atoms. The molecular formula is C22H28N4O3. The summed E-state index contributed by atoms with van der Waals surface area (Å²) in [6.45, 7) is 9.69. The summed E-state index contributed by atoms with van der Waals surface area (Å²) < 4.78 is 10.9. The van der Waals surface area contributed by atoms with Gasteiger partial charge in [-0.2, -0.15) is 0 Å². The SMILES string of the molecule is CC(C)CNC(=O)c1ccnc(N2CCN(Cc3ccc4c(c3)OCO4)CC2)c1. The average Bonchev–Trinajstić information content (AvgIpc) is 3.20. The van der Waals surface area contributed by atoms with E-state index in [-0.39, 0.29) is 5.91 Å². The summed E-state index contributed by atoms with van der Waals surface area (Å²) in [6.07, 6.45) is 1.72. The first-order chi connectivity index (χ1) is 14.1. The molecule has 0 atom stereocenters. The molecule has 0 unspecified atom stereocenters. The summed E-state index contributed by atoms with van der Waals surface area (Å²) in [7, 11) is 0. The minimum absolute atomic E-state index is 0.0382. The van der Waals surface area contributed by atoms with E-state index in [4.69, 9.17) is 9.47 Å². The Hall–Kier alpha value is -2.80. The van der Waals surface area contributed by atoms with Crippen molar-refractivity contribution in [1.29, 1.82) is 0 Å². The number of nitrogens with zero attached hydrogens (tertiary/aromatic N) is 3. The van der Waals surface area contributed by atoms with Gasteiger partial charge in [0.15, 0.2) is 11.5 Å². The van der Waals surface area contributed by atoms with Gasteiger partial charge in [0.05, 0.1) is 0 Å². The maximum absolute atomic E-state index is 12.3. The van der Waals surface area contributed by atoms with E-state index in [2.05, 4.69) is 46.1 Å². The monoisotopic (exact) mass is 396 g/mol. The van der Waals surface area contributed by atoms with Crippen LogP contribution < -0.4 is 19.7 Å². The van der Waals surface area contributed by atoms with Crippen molar-refractivity contribution in [2.45, 2.75) is 20.4 Å². The molecule has 7 nitrogen and oxygen atoms in total. The first kappa shape index (κ1) is 19.5. The molecule has 2 aromatic rings. The third kappa shape index (κ3) is 4.79. The highest BCUT2D eigenvalue weighted by atomic mass is 16.7. The molecule has 154 valence electrons. The number of ether oxygens (including phenoxy) is 2. The Bertz CT molecular complexity index is 863. The van der Waals surface area contributed by atoms with Crippen LogP contribution in [0.25, 0.3) is 0 Å². The average molecular weight is 396 g/mol. The maximum atomic E-state index is 12.3. The van der Waals surface area contributed by atoms with Crippen LogP contribution in [-0.4, -0.2) is 55.3 Å². The van der Waals surface area contributed by atoms with Crippen LogP contribution in [0.2, 0.25) is 0 Å². The normalized spacial score (nSPS) is 16.3. The van der Waals surface area contributed by atoms with E-state index < -0.39 is 0 Å². The Balaban J connectivity index is 1.32. The van der Waals surface area contributed by atoms with Crippen molar-refractivity contribution in [1.82, 2.24) is 15.2 Å². The van der Waals surface area contributed by atoms with E-state index in [1.54, 1.807) is 12.3 Å². The van der Waals surface area contributed by atoms with Crippen molar-refractivity contribution in [3.05, 3.63) is 47.7 Å². The van der Waals surface area contributed by atoms with Crippen LogP contribution in [0.15, 0.2) is 36.5 Å². The highest BCUT2D eigenvalue weighted by molar-refractivity contribution is 5.94. The predicted molar refractivity (Wildman–Crippen MR) is 111 cm³/mol. The number of anilines is 1. The van der Waals surface area contributed by atoms with Crippen LogP contribution in [0.5, 0.6) is 11.5 Å². The fourth-order valence-corrected chi connectivity index (χ4v) is 3.56. The largest absolute Gasteiger partial charge is 0.454 e. The molecule has 1 fully saturated rings. The second-order valence-electron chi connectivity index (χ2n) is 7.96. The molecule has 0 bridgehead atoms. The van der Waals surface area contributed by atoms with E-state index in [1.165, 1.54) is 5.56 Å². The number of amides is 1. The van der Waals surface area contributed by atoms with E-state index in [0.29, 0.717) is 24.8 Å². The van der Waals surface area contributed by atoms with Crippen LogP contribution in [0.1, 0.15) is 29.8 Å². The number of rotatable bonds is 6. The van der Waals surface area contributed by atoms with Crippen LogP contribution in [0.4, 0.5) is 5.82 Å². The van der Waals surface area contributed by atoms with E-state index in [1.807, 2.05) is 12.1 Å². The number of fused-ring (bicyclic) bond motifs is 1. The fourth-order valence-electron chi connectivity index (χ4n) is 3.56. The second kappa shape index (κ2) is 8.69. The predicted octanol–water partition coefficient (Wildman–Crippen LogP) is 2.52. The molecule has 1 saturated heterocycles. The van der Waals surface area contributed by atoms with E-state index in [0.717, 1.165) is 50.0 Å². The summed E-state index contributed by atoms with van der Waals surface area (Å²) in [5.41, 5.74) is 1.89. The van der Waals surface area contributed by atoms with Gasteiger partial charge in [-0.25, -0.2) is 4.98 Å². The van der Waals surface area contributed by atoms with Gasteiger partial charge in [0.2, 0.25) is 6.79 Å². The lowest BCUT2D eigenvalue weighted by molar-refractivity contribution is 0.0949. The highest BCUT2D eigenvalue weighted by Crippen LogP contribution is 2.32. The van der Waals surface area contributed by atoms with E-state index >= 15 is 0 Å². The minimum Gasteiger partial charge on any atom is -0.454 e. The molecule has 0 saturated carbocycles. The van der Waals surface area contributed by atoms with Crippen molar-refractivity contribution >= 4 is 11.7 Å². The summed E-state index contributed by atoms with van der Waals surface area (Å²) in [4.78, 5) is 21.5. The van der Waals surface area contributed by atoms with Crippen molar-refractivity contribution in [3.63, 3.8) is 0 Å². The lowest BCUT2D eigenvalue weighted by Crippen LogP contribution is -2.46. The molecular weight excluding hydrogens is 368 g/mol. The Kier molecular flexibility index (Phi) is 5.85. The van der Waals surface area contributed by atoms with Gasteiger partial charge in [-0.05, 0) is 35.7 Å². The van der Waals surface area contributed by atoms with Gasteiger partial charge in [-0.3, -0.25) is 9.69 Å². The van der Waals surface area contributed by atoms with Gasteiger partial charge in [0, 0.05) is 51.0 Å². The van der Waals surface area contributed by atoms with Gasteiger partial charge in [0.1, 0.15) is 5.82 Å². The third-order valence-electron chi connectivity index (χ3n) is 5.22. The molecule has 4 rings (SSSR count). The molecule has 1 aromatic carbocycles. The zero-order chi connectivity index (χ0) is 20.2. The topological polar surface area (TPSA) is 66.9 Å². The van der Waals surface area contributed by atoms with Crippen LogP contribution in [0, 0.1) is 5.92 Å². The van der Waals surface area contributed by atoms with Crippen LogP contribution >= 0.6 is 0 Å². The quantitative estimate of drug-likeness (QED) is 0.809. The summed E-state index contributed by atoms with van der Waals surface area (Å²) >= 11 is 0. The van der Waals surface area contributed by atoms with Gasteiger partial charge >= 0.3 is 0 Å². The Morgan fingerprint density at radius 2 is 1.90 bits per heavy atom. The molecule has 0 aliphatic carbocycles. The number of nitrogens with one attached hydrogen (secondary N) is 1. The summed E-state index contributed by atoms with van der Waals surface area (Å²) in [5.74, 6) is 2.91. The van der Waals surface area contributed by atoms with Gasteiger partial charge in [-0.1, -0.05) is 19.9 Å². The third-order valence-corrected chi connectivity index (χ3v) is 5.22. The number of aromatic nitrogens is 1. The minimum atomic E-state index is -0.0382. The van der Waals surface area contributed by atoms with Crippen LogP contribution in [-0.2, 0) is 6.54 Å². The molecule has 29 heavy (non-hydrogen) atoms. The molecule has 1 N–H and O–H groups in total. The number of piperazine rings is 1. The first-order valence-corrected chi connectivity index (χ1v) is 10.2. The maximum Gasteiger partial charge on any atom is 0.251 e. The summed E-state index contributed by atoms with van der Waals surface area (Å²) in [6, 6.07) is 9.81. The van der Waals surface area contributed by atoms with Gasteiger partial charge in [-0.15, -0.1) is 0 Å².